The summed E-state index contributed by atoms with van der Waals surface area (Å²) in [5.41, 5.74) is 0.0407. The van der Waals surface area contributed by atoms with Crippen LogP contribution < -0.4 is 10.6 Å². The Balaban J connectivity index is 2.67. The predicted molar refractivity (Wildman–Crippen MR) is 71.7 cm³/mol. The standard InChI is InChI=1S/C11H11Cl2N3O4/c1-5(9(17)16-11(19)14-2)20-10(18)6-3-7(12)8(13)15-4-6/h3-5H,1-2H3,(H2,14,16,17,19)/t5-/m1/s1. The minimum absolute atomic E-state index is 0.0407. The molecule has 1 aromatic heterocycles. The number of carbonyl (C=O) groups is 3. The Morgan fingerprint density at radius 3 is 2.55 bits per heavy atom. The maximum atomic E-state index is 11.7. The smallest absolute Gasteiger partial charge is 0.340 e. The van der Waals surface area contributed by atoms with Crippen molar-refractivity contribution in [1.82, 2.24) is 15.6 Å². The topological polar surface area (TPSA) is 97.4 Å². The number of amides is 3. The lowest BCUT2D eigenvalue weighted by atomic mass is 10.3. The average Bonchev–Trinajstić information content (AvgIpc) is 2.41. The third-order valence-electron chi connectivity index (χ3n) is 2.15. The van der Waals surface area contributed by atoms with E-state index in [1.54, 1.807) is 0 Å². The van der Waals surface area contributed by atoms with Gasteiger partial charge in [-0.25, -0.2) is 14.6 Å². The van der Waals surface area contributed by atoms with Gasteiger partial charge in [0.25, 0.3) is 5.91 Å². The van der Waals surface area contributed by atoms with Crippen molar-refractivity contribution in [3.8, 4) is 0 Å². The monoisotopic (exact) mass is 319 g/mol. The Bertz CT molecular complexity index is 550. The summed E-state index contributed by atoms with van der Waals surface area (Å²) in [5.74, 6) is -1.57. The van der Waals surface area contributed by atoms with Crippen molar-refractivity contribution in [1.29, 1.82) is 0 Å². The second-order valence-corrected chi connectivity index (χ2v) is 4.38. The Hall–Kier alpha value is -1.86. The van der Waals surface area contributed by atoms with Crippen molar-refractivity contribution in [2.45, 2.75) is 13.0 Å². The molecule has 0 aliphatic carbocycles. The second kappa shape index (κ2) is 7.06. The number of aromatic nitrogens is 1. The molecule has 2 N–H and O–H groups in total. The van der Waals surface area contributed by atoms with Crippen molar-refractivity contribution in [3.63, 3.8) is 0 Å². The van der Waals surface area contributed by atoms with Crippen LogP contribution >= 0.6 is 23.2 Å². The highest BCUT2D eigenvalue weighted by Crippen LogP contribution is 2.20. The third-order valence-corrected chi connectivity index (χ3v) is 2.83. The maximum absolute atomic E-state index is 11.7. The van der Waals surface area contributed by atoms with E-state index in [0.29, 0.717) is 0 Å². The summed E-state index contributed by atoms with van der Waals surface area (Å²) in [5, 5.41) is 4.31. The zero-order chi connectivity index (χ0) is 15.3. The van der Waals surface area contributed by atoms with E-state index in [1.807, 2.05) is 5.32 Å². The molecule has 3 amide bonds. The third kappa shape index (κ3) is 4.36. The summed E-state index contributed by atoms with van der Waals surface area (Å²) in [4.78, 5) is 37.8. The normalized spacial score (nSPS) is 11.4. The van der Waals surface area contributed by atoms with Gasteiger partial charge in [-0.1, -0.05) is 23.2 Å². The number of esters is 1. The molecule has 0 aliphatic heterocycles. The van der Waals surface area contributed by atoms with E-state index in [1.165, 1.54) is 26.2 Å². The Morgan fingerprint density at radius 1 is 1.35 bits per heavy atom. The fraction of sp³-hybridized carbons (Fsp3) is 0.273. The summed E-state index contributed by atoms with van der Waals surface area (Å²) in [6, 6.07) is 0.567. The molecular formula is C11H11Cl2N3O4. The largest absolute Gasteiger partial charge is 0.449 e. The zero-order valence-corrected chi connectivity index (χ0v) is 12.1. The first-order chi connectivity index (χ1) is 9.35. The highest BCUT2D eigenvalue weighted by Gasteiger charge is 2.21. The lowest BCUT2D eigenvalue weighted by Crippen LogP contribution is -2.43. The van der Waals surface area contributed by atoms with Crippen LogP contribution in [0, 0.1) is 0 Å². The predicted octanol–water partition coefficient (Wildman–Crippen LogP) is 1.39. The van der Waals surface area contributed by atoms with Gasteiger partial charge in [0.15, 0.2) is 6.10 Å². The summed E-state index contributed by atoms with van der Waals surface area (Å²) in [6.07, 6.45) is 0.00849. The fourth-order valence-corrected chi connectivity index (χ4v) is 1.36. The number of nitrogens with one attached hydrogen (secondary N) is 2. The molecule has 1 heterocycles. The van der Waals surface area contributed by atoms with E-state index >= 15 is 0 Å². The molecular weight excluding hydrogens is 309 g/mol. The molecule has 0 aliphatic rings. The first kappa shape index (κ1) is 16.2. The Kier molecular flexibility index (Phi) is 5.72. The van der Waals surface area contributed by atoms with Crippen LogP contribution in [-0.4, -0.2) is 36.0 Å². The van der Waals surface area contributed by atoms with Gasteiger partial charge in [0.1, 0.15) is 5.15 Å². The number of pyridine rings is 1. The molecule has 1 atom stereocenters. The van der Waals surface area contributed by atoms with Gasteiger partial charge in [-0.05, 0) is 13.0 Å². The lowest BCUT2D eigenvalue weighted by molar-refractivity contribution is -0.127. The number of ether oxygens (including phenoxy) is 1. The first-order valence-corrected chi connectivity index (χ1v) is 6.15. The van der Waals surface area contributed by atoms with Gasteiger partial charge in [-0.3, -0.25) is 10.1 Å². The molecule has 1 rings (SSSR count). The number of hydrogen-bond acceptors (Lipinski definition) is 5. The van der Waals surface area contributed by atoms with Gasteiger partial charge < -0.3 is 10.1 Å². The van der Waals surface area contributed by atoms with E-state index in [9.17, 15) is 14.4 Å². The number of urea groups is 1. The van der Waals surface area contributed by atoms with Crippen molar-refractivity contribution >= 4 is 41.1 Å². The van der Waals surface area contributed by atoms with Gasteiger partial charge >= 0.3 is 12.0 Å². The fourth-order valence-electron chi connectivity index (χ4n) is 1.09. The van der Waals surface area contributed by atoms with E-state index in [4.69, 9.17) is 27.9 Å². The summed E-state index contributed by atoms with van der Waals surface area (Å²) >= 11 is 11.3. The van der Waals surface area contributed by atoms with E-state index in [-0.39, 0.29) is 15.7 Å². The molecule has 0 bridgehead atoms. The number of imide groups is 1. The molecule has 0 aromatic carbocycles. The van der Waals surface area contributed by atoms with Crippen LogP contribution in [0.4, 0.5) is 4.79 Å². The summed E-state index contributed by atoms with van der Waals surface area (Å²) < 4.78 is 4.87. The molecule has 9 heteroatoms. The number of nitrogens with zero attached hydrogens (tertiary/aromatic N) is 1. The maximum Gasteiger partial charge on any atom is 0.340 e. The number of carbonyl (C=O) groups excluding carboxylic acids is 3. The van der Waals surface area contributed by atoms with Crippen LogP contribution in [0.15, 0.2) is 12.3 Å². The molecule has 20 heavy (non-hydrogen) atoms. The van der Waals surface area contributed by atoms with Crippen LogP contribution in [0.2, 0.25) is 10.2 Å². The van der Waals surface area contributed by atoms with E-state index in [2.05, 4.69) is 10.3 Å². The van der Waals surface area contributed by atoms with Crippen LogP contribution in [0.1, 0.15) is 17.3 Å². The van der Waals surface area contributed by atoms with E-state index < -0.39 is 24.0 Å². The molecule has 0 saturated heterocycles. The van der Waals surface area contributed by atoms with Crippen LogP contribution in [0.25, 0.3) is 0 Å². The van der Waals surface area contributed by atoms with Gasteiger partial charge in [-0.2, -0.15) is 0 Å². The molecule has 1 aromatic rings. The van der Waals surface area contributed by atoms with Gasteiger partial charge in [0.05, 0.1) is 10.6 Å². The summed E-state index contributed by atoms with van der Waals surface area (Å²) in [6.45, 7) is 1.32. The van der Waals surface area contributed by atoms with Crippen molar-refractivity contribution in [3.05, 3.63) is 28.0 Å². The average molecular weight is 320 g/mol. The van der Waals surface area contributed by atoms with Gasteiger partial charge in [0.2, 0.25) is 0 Å². The molecule has 0 unspecified atom stereocenters. The van der Waals surface area contributed by atoms with Gasteiger partial charge in [-0.15, -0.1) is 0 Å². The van der Waals surface area contributed by atoms with Gasteiger partial charge in [0, 0.05) is 13.2 Å². The lowest BCUT2D eigenvalue weighted by Gasteiger charge is -2.12. The number of halogens is 2. The number of rotatable bonds is 3. The highest BCUT2D eigenvalue weighted by atomic mass is 35.5. The van der Waals surface area contributed by atoms with Crippen molar-refractivity contribution < 1.29 is 19.1 Å². The molecule has 0 saturated carbocycles. The first-order valence-electron chi connectivity index (χ1n) is 5.39. The zero-order valence-electron chi connectivity index (χ0n) is 10.6. The quantitative estimate of drug-likeness (QED) is 0.648. The second-order valence-electron chi connectivity index (χ2n) is 3.61. The molecule has 0 radical (unpaired) electrons. The number of hydrogen-bond donors (Lipinski definition) is 2. The van der Waals surface area contributed by atoms with Crippen LogP contribution in [0.5, 0.6) is 0 Å². The molecule has 0 spiro atoms. The Labute approximate surface area is 124 Å². The molecule has 0 fully saturated rings. The molecule has 108 valence electrons. The highest BCUT2D eigenvalue weighted by molar-refractivity contribution is 6.41. The van der Waals surface area contributed by atoms with Crippen LogP contribution in [0.3, 0.4) is 0 Å². The molecule has 7 nitrogen and oxygen atoms in total. The SMILES string of the molecule is CNC(=O)NC(=O)[C@@H](C)OC(=O)c1cnc(Cl)c(Cl)c1. The van der Waals surface area contributed by atoms with E-state index in [0.717, 1.165) is 0 Å². The Morgan fingerprint density at radius 2 is 2.00 bits per heavy atom. The van der Waals surface area contributed by atoms with Crippen LogP contribution in [-0.2, 0) is 9.53 Å². The summed E-state index contributed by atoms with van der Waals surface area (Å²) in [7, 11) is 1.35. The van der Waals surface area contributed by atoms with Crippen molar-refractivity contribution in [2.75, 3.05) is 7.05 Å². The minimum Gasteiger partial charge on any atom is -0.449 e. The van der Waals surface area contributed by atoms with Crippen molar-refractivity contribution in [2.24, 2.45) is 0 Å². The minimum atomic E-state index is -1.16.